The molecule has 1 amide bonds. The van der Waals surface area contributed by atoms with Gasteiger partial charge in [-0.25, -0.2) is 4.79 Å². The number of amides is 1. The van der Waals surface area contributed by atoms with Crippen LogP contribution in [0.15, 0.2) is 29.3 Å². The van der Waals surface area contributed by atoms with E-state index < -0.39 is 5.60 Å². The summed E-state index contributed by atoms with van der Waals surface area (Å²) >= 11 is 0. The first kappa shape index (κ1) is 14.1. The summed E-state index contributed by atoms with van der Waals surface area (Å²) in [6, 6.07) is 8.25. The van der Waals surface area contributed by atoms with Gasteiger partial charge in [0.25, 0.3) is 0 Å². The van der Waals surface area contributed by atoms with Crippen molar-refractivity contribution in [1.82, 2.24) is 4.90 Å². The second kappa shape index (κ2) is 4.86. The van der Waals surface area contributed by atoms with E-state index in [1.54, 1.807) is 4.90 Å². The van der Waals surface area contributed by atoms with E-state index in [4.69, 9.17) is 9.73 Å². The summed E-state index contributed by atoms with van der Waals surface area (Å²) in [5.74, 6) is 0.356. The lowest BCUT2D eigenvalue weighted by atomic mass is 9.86. The van der Waals surface area contributed by atoms with Crippen molar-refractivity contribution in [2.75, 3.05) is 6.54 Å². The Morgan fingerprint density at radius 2 is 2.05 bits per heavy atom. The van der Waals surface area contributed by atoms with Crippen molar-refractivity contribution in [1.29, 1.82) is 0 Å². The largest absolute Gasteiger partial charge is 0.444 e. The van der Waals surface area contributed by atoms with Gasteiger partial charge in [-0.2, -0.15) is 0 Å². The third-order valence-corrected chi connectivity index (χ3v) is 4.10. The van der Waals surface area contributed by atoms with Crippen LogP contribution in [-0.2, 0) is 4.74 Å². The summed E-state index contributed by atoms with van der Waals surface area (Å²) in [6.45, 7) is 8.44. The number of ether oxygens (including phenoxy) is 1. The lowest BCUT2D eigenvalue weighted by molar-refractivity contribution is 0.0203. The van der Waals surface area contributed by atoms with Gasteiger partial charge < -0.3 is 9.64 Å². The molecule has 0 saturated carbocycles. The van der Waals surface area contributed by atoms with Crippen LogP contribution in [0.25, 0.3) is 0 Å². The highest BCUT2D eigenvalue weighted by Gasteiger charge is 2.40. The molecule has 1 aromatic carbocycles. The van der Waals surface area contributed by atoms with E-state index in [0.29, 0.717) is 12.5 Å². The third kappa shape index (κ3) is 2.55. The Labute approximate surface area is 125 Å². The number of hydrogen-bond acceptors (Lipinski definition) is 3. The molecule has 1 fully saturated rings. The lowest BCUT2D eigenvalue weighted by Gasteiger charge is -2.37. The zero-order valence-corrected chi connectivity index (χ0v) is 13.1. The average molecular weight is 286 g/mol. The van der Waals surface area contributed by atoms with Crippen molar-refractivity contribution in [3.8, 4) is 0 Å². The molecule has 0 aromatic heterocycles. The molecule has 1 saturated heterocycles. The highest BCUT2D eigenvalue weighted by molar-refractivity contribution is 6.03. The maximum atomic E-state index is 12.3. The summed E-state index contributed by atoms with van der Waals surface area (Å²) in [4.78, 5) is 18.9. The molecule has 2 heterocycles. The van der Waals surface area contributed by atoms with Crippen LogP contribution in [0.2, 0.25) is 0 Å². The number of likely N-dealkylation sites (tertiary alicyclic amines) is 1. The average Bonchev–Trinajstić information content (AvgIpc) is 2.77. The SMILES string of the molecule is CC1C2=Nc3ccccc3C2CCN1C(=O)OC(C)(C)C. The first-order chi connectivity index (χ1) is 9.87. The fourth-order valence-corrected chi connectivity index (χ4v) is 3.14. The highest BCUT2D eigenvalue weighted by atomic mass is 16.6. The van der Waals surface area contributed by atoms with Gasteiger partial charge in [-0.1, -0.05) is 18.2 Å². The number of aliphatic imine (C=N–C) groups is 1. The van der Waals surface area contributed by atoms with Crippen molar-refractivity contribution in [2.45, 2.75) is 51.7 Å². The summed E-state index contributed by atoms with van der Waals surface area (Å²) in [6.07, 6.45) is 0.673. The second-order valence-electron chi connectivity index (χ2n) is 6.79. The van der Waals surface area contributed by atoms with Crippen LogP contribution in [0.5, 0.6) is 0 Å². The van der Waals surface area contributed by atoms with Crippen molar-refractivity contribution < 1.29 is 9.53 Å². The molecule has 0 aliphatic carbocycles. The number of carbonyl (C=O) groups is 1. The van der Waals surface area contributed by atoms with Crippen LogP contribution in [0.4, 0.5) is 10.5 Å². The van der Waals surface area contributed by atoms with Gasteiger partial charge >= 0.3 is 6.09 Å². The van der Waals surface area contributed by atoms with Crippen molar-refractivity contribution in [3.63, 3.8) is 0 Å². The van der Waals surface area contributed by atoms with Gasteiger partial charge in [0.15, 0.2) is 0 Å². The first-order valence-corrected chi connectivity index (χ1v) is 7.54. The normalized spacial score (nSPS) is 24.2. The number of carbonyl (C=O) groups excluding carboxylic acids is 1. The van der Waals surface area contributed by atoms with Gasteiger partial charge in [0, 0.05) is 18.2 Å². The number of fused-ring (bicyclic) bond motifs is 3. The van der Waals surface area contributed by atoms with Crippen molar-refractivity contribution in [3.05, 3.63) is 29.8 Å². The van der Waals surface area contributed by atoms with Crippen LogP contribution >= 0.6 is 0 Å². The Balaban J connectivity index is 1.82. The van der Waals surface area contributed by atoms with Crippen molar-refractivity contribution in [2.24, 2.45) is 4.99 Å². The lowest BCUT2D eigenvalue weighted by Crippen LogP contribution is -2.50. The molecule has 2 aliphatic rings. The molecule has 0 N–H and O–H groups in total. The third-order valence-electron chi connectivity index (χ3n) is 4.10. The first-order valence-electron chi connectivity index (χ1n) is 7.54. The number of rotatable bonds is 0. The maximum absolute atomic E-state index is 12.3. The smallest absolute Gasteiger partial charge is 0.410 e. The fraction of sp³-hybridized carbons (Fsp3) is 0.529. The zero-order chi connectivity index (χ0) is 15.2. The molecule has 3 rings (SSSR count). The summed E-state index contributed by atoms with van der Waals surface area (Å²) < 4.78 is 5.51. The topological polar surface area (TPSA) is 41.9 Å². The fourth-order valence-electron chi connectivity index (χ4n) is 3.14. The van der Waals surface area contributed by atoms with E-state index in [9.17, 15) is 4.79 Å². The van der Waals surface area contributed by atoms with Gasteiger partial charge in [0.1, 0.15) is 5.60 Å². The maximum Gasteiger partial charge on any atom is 0.410 e. The molecule has 2 aliphatic heterocycles. The molecule has 21 heavy (non-hydrogen) atoms. The minimum atomic E-state index is -0.464. The number of para-hydroxylation sites is 1. The van der Waals surface area contributed by atoms with E-state index in [2.05, 4.69) is 12.1 Å². The van der Waals surface area contributed by atoms with Crippen LogP contribution in [0.3, 0.4) is 0 Å². The van der Waals surface area contributed by atoms with Gasteiger partial charge in [-0.3, -0.25) is 4.99 Å². The predicted octanol–water partition coefficient (Wildman–Crippen LogP) is 3.89. The number of hydrogen-bond donors (Lipinski definition) is 0. The van der Waals surface area contributed by atoms with Gasteiger partial charge in [-0.05, 0) is 45.7 Å². The molecule has 4 nitrogen and oxygen atoms in total. The Bertz CT molecular complexity index is 601. The molecule has 2 unspecified atom stereocenters. The Kier molecular flexibility index (Phi) is 3.27. The molecule has 0 spiro atoms. The number of nitrogens with zero attached hydrogens (tertiary/aromatic N) is 2. The minimum absolute atomic E-state index is 0.00833. The summed E-state index contributed by atoms with van der Waals surface area (Å²) in [5, 5.41) is 0. The predicted molar refractivity (Wildman–Crippen MR) is 83.3 cm³/mol. The van der Waals surface area contributed by atoms with Gasteiger partial charge in [-0.15, -0.1) is 0 Å². The molecule has 0 bridgehead atoms. The molecule has 1 aromatic rings. The molecular formula is C17H22N2O2. The quantitative estimate of drug-likeness (QED) is 0.726. The minimum Gasteiger partial charge on any atom is -0.444 e. The zero-order valence-electron chi connectivity index (χ0n) is 13.1. The van der Waals surface area contributed by atoms with Crippen molar-refractivity contribution >= 4 is 17.5 Å². The number of piperidine rings is 1. The number of benzene rings is 1. The molecule has 4 heteroatoms. The Hall–Kier alpha value is -1.84. The van der Waals surface area contributed by atoms with E-state index in [1.165, 1.54) is 5.56 Å². The summed E-state index contributed by atoms with van der Waals surface area (Å²) in [5.41, 5.74) is 2.97. The second-order valence-corrected chi connectivity index (χ2v) is 6.79. The molecule has 2 atom stereocenters. The van der Waals surface area contributed by atoms with Crippen LogP contribution in [0, 0.1) is 0 Å². The van der Waals surface area contributed by atoms with Crippen LogP contribution < -0.4 is 0 Å². The van der Waals surface area contributed by atoms with E-state index in [0.717, 1.165) is 17.8 Å². The monoisotopic (exact) mass is 286 g/mol. The van der Waals surface area contributed by atoms with Crippen LogP contribution in [0.1, 0.15) is 45.6 Å². The Morgan fingerprint density at radius 3 is 2.76 bits per heavy atom. The standard InChI is InChI=1S/C17H22N2O2/c1-11-15-13(12-7-5-6-8-14(12)18-15)9-10-19(11)16(20)21-17(2,3)4/h5-8,11,13H,9-10H2,1-4H3. The van der Waals surface area contributed by atoms with E-state index in [-0.39, 0.29) is 12.1 Å². The van der Waals surface area contributed by atoms with Gasteiger partial charge in [0.05, 0.1) is 11.7 Å². The Morgan fingerprint density at radius 1 is 1.33 bits per heavy atom. The van der Waals surface area contributed by atoms with Gasteiger partial charge in [0.2, 0.25) is 0 Å². The van der Waals surface area contributed by atoms with Crippen LogP contribution in [-0.4, -0.2) is 34.9 Å². The van der Waals surface area contributed by atoms with E-state index >= 15 is 0 Å². The highest BCUT2D eigenvalue weighted by Crippen LogP contribution is 2.41. The molecular weight excluding hydrogens is 264 g/mol. The molecule has 112 valence electrons. The molecule has 0 radical (unpaired) electrons. The summed E-state index contributed by atoms with van der Waals surface area (Å²) in [7, 11) is 0. The van der Waals surface area contributed by atoms with E-state index in [1.807, 2.05) is 39.8 Å².